The highest BCUT2D eigenvalue weighted by Gasteiger charge is 2.23. The molecule has 6 nitrogen and oxygen atoms in total. The molecule has 0 saturated carbocycles. The van der Waals surface area contributed by atoms with Crippen molar-refractivity contribution in [1.29, 1.82) is 0 Å². The Kier molecular flexibility index (Phi) is 6.47. The van der Waals surface area contributed by atoms with Crippen LogP contribution in [-0.2, 0) is 23.2 Å². The summed E-state index contributed by atoms with van der Waals surface area (Å²) in [6.45, 7) is 4.76. The summed E-state index contributed by atoms with van der Waals surface area (Å²) >= 11 is 0. The molecular weight excluding hydrogens is 414 g/mol. The van der Waals surface area contributed by atoms with Crippen LogP contribution in [0.5, 0.6) is 5.75 Å². The zero-order valence-electron chi connectivity index (χ0n) is 18.9. The minimum Gasteiger partial charge on any atom is -0.491 e. The molecule has 0 saturated heterocycles. The number of hydrogen-bond donors (Lipinski definition) is 2. The summed E-state index contributed by atoms with van der Waals surface area (Å²) in [6, 6.07) is 25.9. The molecule has 3 N–H and O–H groups in total. The minimum atomic E-state index is -0.783. The molecule has 1 amide bonds. The number of ether oxygens (including phenoxy) is 1. The molecule has 33 heavy (non-hydrogen) atoms. The third-order valence-corrected chi connectivity index (χ3v) is 5.97. The lowest BCUT2D eigenvalue weighted by molar-refractivity contribution is -0.117. The topological polar surface area (TPSA) is 90.4 Å². The van der Waals surface area contributed by atoms with Gasteiger partial charge in [0.1, 0.15) is 24.3 Å². The standard InChI is InChI=1S/C27H29N3O3/c1-27(2,19-8-4-3-5-9-19)20-12-14-22(15-13-20)33-18-21(31)17-30-24-11-7-6-10-23(24)29-26(30)16-25(28)32/h3-15,21,31H,16-18H2,1-2H3,(H2,28,32). The van der Waals surface area contributed by atoms with Crippen molar-refractivity contribution in [1.82, 2.24) is 9.55 Å². The largest absolute Gasteiger partial charge is 0.491 e. The molecule has 1 unspecified atom stereocenters. The molecule has 0 radical (unpaired) electrons. The molecule has 3 aromatic carbocycles. The number of aliphatic hydroxyl groups is 1. The summed E-state index contributed by atoms with van der Waals surface area (Å²) in [5.74, 6) is 0.764. The van der Waals surface area contributed by atoms with Gasteiger partial charge in [0.15, 0.2) is 0 Å². The van der Waals surface area contributed by atoms with E-state index in [2.05, 4.69) is 43.1 Å². The van der Waals surface area contributed by atoms with Gasteiger partial charge >= 0.3 is 0 Å². The number of amides is 1. The van der Waals surface area contributed by atoms with Gasteiger partial charge in [-0.25, -0.2) is 4.98 Å². The van der Waals surface area contributed by atoms with E-state index in [4.69, 9.17) is 10.5 Å². The Bertz CT molecular complexity index is 1230. The molecular formula is C27H29N3O3. The molecule has 0 spiro atoms. The monoisotopic (exact) mass is 443 g/mol. The Morgan fingerprint density at radius 2 is 1.64 bits per heavy atom. The van der Waals surface area contributed by atoms with Gasteiger partial charge in [0.05, 0.1) is 24.0 Å². The molecule has 1 heterocycles. The number of fused-ring (bicyclic) bond motifs is 1. The van der Waals surface area contributed by atoms with Gasteiger partial charge in [-0.05, 0) is 35.4 Å². The van der Waals surface area contributed by atoms with Crippen LogP contribution in [0.3, 0.4) is 0 Å². The van der Waals surface area contributed by atoms with Crippen LogP contribution in [0.25, 0.3) is 11.0 Å². The lowest BCUT2D eigenvalue weighted by atomic mass is 9.78. The molecule has 4 rings (SSSR count). The average Bonchev–Trinajstić information content (AvgIpc) is 3.14. The number of aromatic nitrogens is 2. The van der Waals surface area contributed by atoms with Crippen molar-refractivity contribution >= 4 is 16.9 Å². The number of imidazole rings is 1. The number of carbonyl (C=O) groups excluding carboxylic acids is 1. The van der Waals surface area contributed by atoms with Crippen molar-refractivity contribution in [2.45, 2.75) is 38.3 Å². The Balaban J connectivity index is 1.43. The van der Waals surface area contributed by atoms with Gasteiger partial charge in [-0.15, -0.1) is 0 Å². The maximum absolute atomic E-state index is 11.5. The molecule has 1 aromatic heterocycles. The van der Waals surface area contributed by atoms with Crippen LogP contribution in [0.4, 0.5) is 0 Å². The van der Waals surface area contributed by atoms with Gasteiger partial charge in [0.25, 0.3) is 0 Å². The van der Waals surface area contributed by atoms with Crippen molar-refractivity contribution in [2.75, 3.05) is 6.61 Å². The number of benzene rings is 3. The number of carbonyl (C=O) groups is 1. The normalized spacial score (nSPS) is 12.6. The quantitative estimate of drug-likeness (QED) is 0.411. The van der Waals surface area contributed by atoms with Gasteiger partial charge in [-0.3, -0.25) is 4.79 Å². The highest BCUT2D eigenvalue weighted by molar-refractivity contribution is 5.80. The number of aliphatic hydroxyl groups excluding tert-OH is 1. The summed E-state index contributed by atoms with van der Waals surface area (Å²) in [5, 5.41) is 10.6. The van der Waals surface area contributed by atoms with Crippen LogP contribution in [0.2, 0.25) is 0 Å². The van der Waals surface area contributed by atoms with E-state index in [0.29, 0.717) is 11.6 Å². The summed E-state index contributed by atoms with van der Waals surface area (Å²) < 4.78 is 7.68. The van der Waals surface area contributed by atoms with E-state index in [0.717, 1.165) is 11.0 Å². The summed E-state index contributed by atoms with van der Waals surface area (Å²) in [4.78, 5) is 16.0. The van der Waals surface area contributed by atoms with Crippen molar-refractivity contribution in [3.63, 3.8) is 0 Å². The molecule has 0 aliphatic heterocycles. The predicted octanol–water partition coefficient (Wildman–Crippen LogP) is 3.83. The number of rotatable bonds is 9. The zero-order chi connectivity index (χ0) is 23.4. The van der Waals surface area contributed by atoms with Gasteiger partial charge in [0, 0.05) is 5.41 Å². The lowest BCUT2D eigenvalue weighted by Gasteiger charge is -2.26. The summed E-state index contributed by atoms with van der Waals surface area (Å²) in [5.41, 5.74) is 9.29. The van der Waals surface area contributed by atoms with Crippen molar-refractivity contribution in [3.05, 3.63) is 95.8 Å². The van der Waals surface area contributed by atoms with Crippen molar-refractivity contribution < 1.29 is 14.6 Å². The first-order valence-corrected chi connectivity index (χ1v) is 11.0. The van der Waals surface area contributed by atoms with Crippen LogP contribution in [0.1, 0.15) is 30.8 Å². The maximum Gasteiger partial charge on any atom is 0.225 e. The Morgan fingerprint density at radius 3 is 2.33 bits per heavy atom. The van der Waals surface area contributed by atoms with Gasteiger partial charge in [-0.2, -0.15) is 0 Å². The van der Waals surface area contributed by atoms with E-state index in [9.17, 15) is 9.90 Å². The van der Waals surface area contributed by atoms with E-state index in [1.807, 2.05) is 59.2 Å². The second-order valence-electron chi connectivity index (χ2n) is 8.75. The molecule has 4 aromatic rings. The Labute approximate surface area is 193 Å². The first kappa shape index (κ1) is 22.6. The number of primary amides is 1. The Hall–Kier alpha value is -3.64. The molecule has 1 atom stereocenters. The van der Waals surface area contributed by atoms with Crippen molar-refractivity contribution in [2.24, 2.45) is 5.73 Å². The maximum atomic E-state index is 11.5. The zero-order valence-corrected chi connectivity index (χ0v) is 18.9. The second kappa shape index (κ2) is 9.46. The van der Waals surface area contributed by atoms with Crippen LogP contribution < -0.4 is 10.5 Å². The molecule has 6 heteroatoms. The number of para-hydroxylation sites is 2. The molecule has 0 aliphatic rings. The van der Waals surface area contributed by atoms with Crippen LogP contribution in [0, 0.1) is 0 Å². The fourth-order valence-corrected chi connectivity index (χ4v) is 4.07. The Morgan fingerprint density at radius 1 is 1.00 bits per heavy atom. The van der Waals surface area contributed by atoms with E-state index in [1.54, 1.807) is 0 Å². The van der Waals surface area contributed by atoms with E-state index < -0.39 is 12.0 Å². The fourth-order valence-electron chi connectivity index (χ4n) is 4.07. The lowest BCUT2D eigenvalue weighted by Crippen LogP contribution is -2.26. The third kappa shape index (κ3) is 5.07. The SMILES string of the molecule is CC(C)(c1ccccc1)c1ccc(OCC(O)Cn2c(CC(N)=O)nc3ccccc32)cc1. The molecule has 0 aliphatic carbocycles. The smallest absolute Gasteiger partial charge is 0.225 e. The molecule has 170 valence electrons. The molecule has 0 fully saturated rings. The van der Waals surface area contributed by atoms with E-state index >= 15 is 0 Å². The third-order valence-electron chi connectivity index (χ3n) is 5.97. The first-order chi connectivity index (χ1) is 15.8. The predicted molar refractivity (Wildman–Crippen MR) is 129 cm³/mol. The van der Waals surface area contributed by atoms with Gasteiger partial charge in [-0.1, -0.05) is 68.4 Å². The van der Waals surface area contributed by atoms with Gasteiger partial charge < -0.3 is 20.1 Å². The average molecular weight is 444 g/mol. The number of hydrogen-bond acceptors (Lipinski definition) is 4. The molecule has 0 bridgehead atoms. The van der Waals surface area contributed by atoms with Crippen molar-refractivity contribution in [3.8, 4) is 5.75 Å². The number of nitrogens with zero attached hydrogens (tertiary/aromatic N) is 2. The minimum absolute atomic E-state index is 0.0148. The first-order valence-electron chi connectivity index (χ1n) is 11.0. The van der Waals surface area contributed by atoms with Crippen LogP contribution in [0.15, 0.2) is 78.9 Å². The second-order valence-corrected chi connectivity index (χ2v) is 8.75. The van der Waals surface area contributed by atoms with Crippen LogP contribution in [-0.4, -0.2) is 33.3 Å². The van der Waals surface area contributed by atoms with E-state index in [1.165, 1.54) is 11.1 Å². The number of nitrogens with two attached hydrogens (primary N) is 1. The summed E-state index contributed by atoms with van der Waals surface area (Å²) in [7, 11) is 0. The van der Waals surface area contributed by atoms with Crippen LogP contribution >= 0.6 is 0 Å². The van der Waals surface area contributed by atoms with E-state index in [-0.39, 0.29) is 25.0 Å². The highest BCUT2D eigenvalue weighted by Crippen LogP contribution is 2.32. The fraction of sp³-hybridized carbons (Fsp3) is 0.259. The highest BCUT2D eigenvalue weighted by atomic mass is 16.5. The summed E-state index contributed by atoms with van der Waals surface area (Å²) in [6.07, 6.45) is -0.768. The van der Waals surface area contributed by atoms with Gasteiger partial charge in [0.2, 0.25) is 5.91 Å².